The number of nitrogens with zero attached hydrogens (tertiary/aromatic N) is 2. The van der Waals surface area contributed by atoms with E-state index in [9.17, 15) is 14.4 Å². The molecule has 0 spiro atoms. The summed E-state index contributed by atoms with van der Waals surface area (Å²) in [6.45, 7) is 5.06. The molecule has 140 valence electrons. The van der Waals surface area contributed by atoms with Crippen molar-refractivity contribution in [1.82, 2.24) is 15.1 Å². The summed E-state index contributed by atoms with van der Waals surface area (Å²) in [7, 11) is 0. The SMILES string of the molecule is CCOC(=O)N1CCC(NC(=O)C2CC2C(=O)N2CCCCC2)CC1. The average molecular weight is 351 g/mol. The van der Waals surface area contributed by atoms with Crippen molar-refractivity contribution in [2.75, 3.05) is 32.8 Å². The second-order valence-electron chi connectivity index (χ2n) is 7.30. The van der Waals surface area contributed by atoms with Crippen LogP contribution in [0.3, 0.4) is 0 Å². The van der Waals surface area contributed by atoms with Crippen LogP contribution in [0.15, 0.2) is 0 Å². The molecule has 0 radical (unpaired) electrons. The molecule has 1 saturated carbocycles. The van der Waals surface area contributed by atoms with Gasteiger partial charge in [-0.1, -0.05) is 0 Å². The third-order valence-electron chi connectivity index (χ3n) is 5.48. The fourth-order valence-corrected chi connectivity index (χ4v) is 3.84. The minimum Gasteiger partial charge on any atom is -0.450 e. The standard InChI is InChI=1S/C18H29N3O4/c1-2-25-18(24)21-10-6-13(7-11-21)19-16(22)14-12-15(14)17(23)20-8-4-3-5-9-20/h13-15H,2-12H2,1H3,(H,19,22). The summed E-state index contributed by atoms with van der Waals surface area (Å²) in [6.07, 6.45) is 5.24. The maximum Gasteiger partial charge on any atom is 0.409 e. The Bertz CT molecular complexity index is 510. The maximum absolute atomic E-state index is 12.4. The summed E-state index contributed by atoms with van der Waals surface area (Å²) in [4.78, 5) is 40.1. The van der Waals surface area contributed by atoms with Gasteiger partial charge in [0.25, 0.3) is 0 Å². The molecule has 0 bridgehead atoms. The zero-order valence-corrected chi connectivity index (χ0v) is 15.0. The predicted molar refractivity (Wildman–Crippen MR) is 91.8 cm³/mol. The first-order valence-electron chi connectivity index (χ1n) is 9.61. The molecule has 0 aromatic heterocycles. The Kier molecular flexibility index (Phi) is 5.81. The lowest BCUT2D eigenvalue weighted by atomic mass is 10.0. The number of hydrogen-bond acceptors (Lipinski definition) is 4. The number of carbonyl (C=O) groups excluding carboxylic acids is 3. The Labute approximate surface area is 149 Å². The van der Waals surface area contributed by atoms with Crippen LogP contribution < -0.4 is 5.32 Å². The molecule has 1 N–H and O–H groups in total. The molecule has 2 aliphatic heterocycles. The van der Waals surface area contributed by atoms with Crippen molar-refractivity contribution in [3.63, 3.8) is 0 Å². The third kappa shape index (κ3) is 4.44. The molecule has 1 aliphatic carbocycles. The summed E-state index contributed by atoms with van der Waals surface area (Å²) in [5.74, 6) is -0.0999. The Hall–Kier alpha value is -1.79. The first-order chi connectivity index (χ1) is 12.1. The van der Waals surface area contributed by atoms with Crippen LogP contribution in [0.4, 0.5) is 4.79 Å². The fourth-order valence-electron chi connectivity index (χ4n) is 3.84. The van der Waals surface area contributed by atoms with Gasteiger partial charge in [0.15, 0.2) is 0 Å². The molecule has 2 atom stereocenters. The lowest BCUT2D eigenvalue weighted by Crippen LogP contribution is -2.47. The van der Waals surface area contributed by atoms with E-state index in [1.165, 1.54) is 6.42 Å². The minimum absolute atomic E-state index is 0.00458. The number of nitrogens with one attached hydrogen (secondary N) is 1. The van der Waals surface area contributed by atoms with Gasteiger partial charge in [0, 0.05) is 32.2 Å². The van der Waals surface area contributed by atoms with E-state index < -0.39 is 0 Å². The van der Waals surface area contributed by atoms with E-state index >= 15 is 0 Å². The van der Waals surface area contributed by atoms with E-state index in [2.05, 4.69) is 5.32 Å². The van der Waals surface area contributed by atoms with Gasteiger partial charge in [0.05, 0.1) is 18.4 Å². The van der Waals surface area contributed by atoms with Crippen LogP contribution >= 0.6 is 0 Å². The smallest absolute Gasteiger partial charge is 0.409 e. The van der Waals surface area contributed by atoms with Crippen LogP contribution in [0.25, 0.3) is 0 Å². The van der Waals surface area contributed by atoms with Crippen LogP contribution in [0.1, 0.15) is 45.4 Å². The van der Waals surface area contributed by atoms with E-state index in [1.807, 2.05) is 4.90 Å². The Morgan fingerprint density at radius 2 is 1.64 bits per heavy atom. The molecule has 2 saturated heterocycles. The highest BCUT2D eigenvalue weighted by Crippen LogP contribution is 2.40. The summed E-state index contributed by atoms with van der Waals surface area (Å²) < 4.78 is 5.00. The summed E-state index contributed by atoms with van der Waals surface area (Å²) >= 11 is 0. The zero-order valence-electron chi connectivity index (χ0n) is 15.0. The minimum atomic E-state index is -0.276. The largest absolute Gasteiger partial charge is 0.450 e. The van der Waals surface area contributed by atoms with Gasteiger partial charge in [-0.15, -0.1) is 0 Å². The molecule has 3 amide bonds. The van der Waals surface area contributed by atoms with Crippen molar-refractivity contribution in [1.29, 1.82) is 0 Å². The summed E-state index contributed by atoms with van der Waals surface area (Å²) in [5.41, 5.74) is 0. The molecule has 3 aliphatic rings. The molecule has 2 heterocycles. The number of piperidine rings is 2. The van der Waals surface area contributed by atoms with E-state index in [0.717, 1.165) is 38.8 Å². The molecule has 2 unspecified atom stereocenters. The normalized spacial score (nSPS) is 26.9. The number of amides is 3. The van der Waals surface area contributed by atoms with Crippen LogP contribution in [-0.4, -0.2) is 66.5 Å². The maximum atomic E-state index is 12.4. The Morgan fingerprint density at radius 1 is 0.960 bits per heavy atom. The molecule has 7 heteroatoms. The molecule has 7 nitrogen and oxygen atoms in total. The van der Waals surface area contributed by atoms with Crippen LogP contribution in [0.5, 0.6) is 0 Å². The Morgan fingerprint density at radius 3 is 2.28 bits per heavy atom. The first-order valence-corrected chi connectivity index (χ1v) is 9.61. The topological polar surface area (TPSA) is 79.0 Å². The van der Waals surface area contributed by atoms with Gasteiger partial charge in [-0.3, -0.25) is 9.59 Å². The number of rotatable bonds is 4. The lowest BCUT2D eigenvalue weighted by Gasteiger charge is -2.31. The van der Waals surface area contributed by atoms with Crippen LogP contribution in [0, 0.1) is 11.8 Å². The van der Waals surface area contributed by atoms with Crippen molar-refractivity contribution in [3.8, 4) is 0 Å². The quantitative estimate of drug-likeness (QED) is 0.830. The summed E-state index contributed by atoms with van der Waals surface area (Å²) in [5, 5.41) is 3.07. The molecule has 0 aromatic carbocycles. The van der Waals surface area contributed by atoms with E-state index in [1.54, 1.807) is 11.8 Å². The van der Waals surface area contributed by atoms with Crippen molar-refractivity contribution < 1.29 is 19.1 Å². The van der Waals surface area contributed by atoms with Gasteiger partial charge in [0.1, 0.15) is 0 Å². The third-order valence-corrected chi connectivity index (χ3v) is 5.48. The van der Waals surface area contributed by atoms with Gasteiger partial charge in [0.2, 0.25) is 11.8 Å². The molecule has 25 heavy (non-hydrogen) atoms. The van der Waals surface area contributed by atoms with Gasteiger partial charge in [-0.05, 0) is 45.4 Å². The highest BCUT2D eigenvalue weighted by atomic mass is 16.6. The van der Waals surface area contributed by atoms with E-state index in [4.69, 9.17) is 4.74 Å². The number of likely N-dealkylation sites (tertiary alicyclic amines) is 2. The predicted octanol–water partition coefficient (Wildman–Crippen LogP) is 1.37. The zero-order chi connectivity index (χ0) is 17.8. The van der Waals surface area contributed by atoms with E-state index in [-0.39, 0.29) is 35.8 Å². The number of carbonyl (C=O) groups is 3. The first kappa shape index (κ1) is 18.0. The number of hydrogen-bond donors (Lipinski definition) is 1. The molecular weight excluding hydrogens is 322 g/mol. The second-order valence-corrected chi connectivity index (χ2v) is 7.30. The molecular formula is C18H29N3O4. The fraction of sp³-hybridized carbons (Fsp3) is 0.833. The summed E-state index contributed by atoms with van der Waals surface area (Å²) in [6, 6.07) is 0.0875. The van der Waals surface area contributed by atoms with Crippen LogP contribution in [0.2, 0.25) is 0 Å². The van der Waals surface area contributed by atoms with Crippen molar-refractivity contribution in [2.24, 2.45) is 11.8 Å². The van der Waals surface area contributed by atoms with Gasteiger partial charge in [-0.2, -0.15) is 0 Å². The monoisotopic (exact) mass is 351 g/mol. The molecule has 0 aromatic rings. The highest BCUT2D eigenvalue weighted by molar-refractivity contribution is 5.92. The van der Waals surface area contributed by atoms with Crippen molar-refractivity contribution in [2.45, 2.75) is 51.5 Å². The molecule has 3 fully saturated rings. The van der Waals surface area contributed by atoms with Crippen molar-refractivity contribution in [3.05, 3.63) is 0 Å². The lowest BCUT2D eigenvalue weighted by molar-refractivity contribution is -0.135. The van der Waals surface area contributed by atoms with Gasteiger partial charge in [-0.25, -0.2) is 4.79 Å². The number of ether oxygens (including phenoxy) is 1. The van der Waals surface area contributed by atoms with Crippen molar-refractivity contribution >= 4 is 17.9 Å². The highest BCUT2D eigenvalue weighted by Gasteiger charge is 2.49. The molecule has 3 rings (SSSR count). The van der Waals surface area contributed by atoms with Gasteiger partial charge < -0.3 is 19.9 Å². The average Bonchev–Trinajstić information content (AvgIpc) is 3.43. The van der Waals surface area contributed by atoms with Gasteiger partial charge >= 0.3 is 6.09 Å². The van der Waals surface area contributed by atoms with E-state index in [0.29, 0.717) is 26.1 Å². The van der Waals surface area contributed by atoms with Crippen LogP contribution in [-0.2, 0) is 14.3 Å². The second kappa shape index (κ2) is 8.06. The Balaban J connectivity index is 1.39.